The van der Waals surface area contributed by atoms with Gasteiger partial charge in [0.25, 0.3) is 0 Å². The topological polar surface area (TPSA) is 57.9 Å². The van der Waals surface area contributed by atoms with Crippen LogP contribution in [0.2, 0.25) is 0 Å². The second-order valence-electron chi connectivity index (χ2n) is 4.70. The van der Waals surface area contributed by atoms with Crippen molar-refractivity contribution in [3.63, 3.8) is 0 Å². The zero-order valence-electron chi connectivity index (χ0n) is 9.75. The second-order valence-corrected chi connectivity index (χ2v) is 4.70. The van der Waals surface area contributed by atoms with Gasteiger partial charge in [0.1, 0.15) is 0 Å². The maximum absolute atomic E-state index is 5.87. The Morgan fingerprint density at radius 1 is 1.73 bits per heavy atom. The van der Waals surface area contributed by atoms with Crippen LogP contribution in [0.5, 0.6) is 0 Å². The van der Waals surface area contributed by atoms with Crippen LogP contribution in [0.3, 0.4) is 0 Å². The van der Waals surface area contributed by atoms with Crippen LogP contribution < -0.4 is 5.73 Å². The molecule has 1 fully saturated rings. The monoisotopic (exact) mass is 208 g/mol. The predicted octanol–water partition coefficient (Wildman–Crippen LogP) is 0.844. The number of rotatable bonds is 2. The fraction of sp³-hybridized carbons (Fsp3) is 0.727. The van der Waals surface area contributed by atoms with Crippen LogP contribution in [-0.4, -0.2) is 35.2 Å². The lowest BCUT2D eigenvalue weighted by molar-refractivity contribution is 0.152. The van der Waals surface area contributed by atoms with E-state index in [0.717, 1.165) is 18.8 Å². The summed E-state index contributed by atoms with van der Waals surface area (Å²) in [7, 11) is 2.17. The first-order valence-electron chi connectivity index (χ1n) is 5.52. The maximum atomic E-state index is 5.87. The summed E-state index contributed by atoms with van der Waals surface area (Å²) in [4.78, 5) is 2.39. The molecule has 1 aromatic rings. The highest BCUT2D eigenvalue weighted by Gasteiger charge is 2.44. The van der Waals surface area contributed by atoms with Crippen LogP contribution in [0.25, 0.3) is 0 Å². The Balaban J connectivity index is 2.43. The van der Waals surface area contributed by atoms with Crippen molar-refractivity contribution in [1.82, 2.24) is 15.1 Å². The molecule has 0 amide bonds. The van der Waals surface area contributed by atoms with Crippen molar-refractivity contribution in [3.05, 3.63) is 17.5 Å². The van der Waals surface area contributed by atoms with E-state index in [9.17, 15) is 0 Å². The van der Waals surface area contributed by atoms with Crippen molar-refractivity contribution in [1.29, 1.82) is 0 Å². The summed E-state index contributed by atoms with van der Waals surface area (Å²) in [6.45, 7) is 6.21. The summed E-state index contributed by atoms with van der Waals surface area (Å²) in [5.41, 5.74) is 8.36. The van der Waals surface area contributed by atoms with Crippen molar-refractivity contribution in [2.75, 3.05) is 20.1 Å². The molecule has 2 unspecified atom stereocenters. The average molecular weight is 208 g/mol. The quantitative estimate of drug-likeness (QED) is 0.757. The first-order chi connectivity index (χ1) is 7.10. The Kier molecular flexibility index (Phi) is 2.56. The molecule has 1 aromatic heterocycles. The maximum Gasteiger partial charge on any atom is 0.0540 e. The number of aromatic nitrogens is 2. The molecule has 1 aliphatic heterocycles. The SMILES string of the molecule is Cc1[nH]ncc1C1(C)C(CN)CCN1C. The molecule has 1 saturated heterocycles. The van der Waals surface area contributed by atoms with Gasteiger partial charge in [0.15, 0.2) is 0 Å². The fourth-order valence-electron chi connectivity index (χ4n) is 2.81. The first kappa shape index (κ1) is 10.6. The Bertz CT molecular complexity index is 346. The van der Waals surface area contributed by atoms with Gasteiger partial charge in [0, 0.05) is 11.3 Å². The lowest BCUT2D eigenvalue weighted by Gasteiger charge is -2.37. The molecule has 0 saturated carbocycles. The van der Waals surface area contributed by atoms with Crippen molar-refractivity contribution in [3.8, 4) is 0 Å². The van der Waals surface area contributed by atoms with Crippen LogP contribution in [0.1, 0.15) is 24.6 Å². The van der Waals surface area contributed by atoms with Gasteiger partial charge in [-0.1, -0.05) is 0 Å². The van der Waals surface area contributed by atoms with E-state index in [1.54, 1.807) is 0 Å². The third-order valence-corrected chi connectivity index (χ3v) is 4.06. The Labute approximate surface area is 90.8 Å². The first-order valence-corrected chi connectivity index (χ1v) is 5.52. The van der Waals surface area contributed by atoms with Gasteiger partial charge in [-0.15, -0.1) is 0 Å². The normalized spacial score (nSPS) is 32.4. The molecule has 2 rings (SSSR count). The van der Waals surface area contributed by atoms with Gasteiger partial charge in [-0.2, -0.15) is 5.10 Å². The molecule has 0 aromatic carbocycles. The lowest BCUT2D eigenvalue weighted by atomic mass is 9.81. The van der Waals surface area contributed by atoms with E-state index in [0.29, 0.717) is 5.92 Å². The van der Waals surface area contributed by atoms with Crippen LogP contribution in [0.4, 0.5) is 0 Å². The van der Waals surface area contributed by atoms with Crippen LogP contribution >= 0.6 is 0 Å². The number of aromatic amines is 1. The standard InChI is InChI=1S/C11H20N4/c1-8-10(7-13-14-8)11(2)9(6-12)4-5-15(11)3/h7,9H,4-6,12H2,1-3H3,(H,13,14). The van der Waals surface area contributed by atoms with Crippen molar-refractivity contribution >= 4 is 0 Å². The highest BCUT2D eigenvalue weighted by molar-refractivity contribution is 5.27. The number of likely N-dealkylation sites (tertiary alicyclic amines) is 1. The largest absolute Gasteiger partial charge is 0.330 e. The van der Waals surface area contributed by atoms with Gasteiger partial charge in [0.05, 0.1) is 11.7 Å². The number of nitrogens with zero attached hydrogens (tertiary/aromatic N) is 2. The van der Waals surface area contributed by atoms with Gasteiger partial charge in [-0.3, -0.25) is 10.00 Å². The minimum absolute atomic E-state index is 0.0475. The number of hydrogen-bond acceptors (Lipinski definition) is 3. The zero-order chi connectivity index (χ0) is 11.1. The predicted molar refractivity (Wildman–Crippen MR) is 60.5 cm³/mol. The molecule has 4 nitrogen and oxygen atoms in total. The Hall–Kier alpha value is -0.870. The summed E-state index contributed by atoms with van der Waals surface area (Å²) in [5, 5.41) is 7.14. The molecule has 3 N–H and O–H groups in total. The van der Waals surface area contributed by atoms with Gasteiger partial charge in [-0.25, -0.2) is 0 Å². The van der Waals surface area contributed by atoms with Crippen LogP contribution in [0, 0.1) is 12.8 Å². The van der Waals surface area contributed by atoms with E-state index >= 15 is 0 Å². The van der Waals surface area contributed by atoms with Gasteiger partial charge < -0.3 is 5.73 Å². The van der Waals surface area contributed by atoms with E-state index in [4.69, 9.17) is 5.73 Å². The number of H-pyrrole nitrogens is 1. The molecule has 2 heterocycles. The molecule has 1 aliphatic rings. The molecule has 84 valence electrons. The van der Waals surface area contributed by atoms with Crippen molar-refractivity contribution in [2.45, 2.75) is 25.8 Å². The third kappa shape index (κ3) is 1.40. The highest BCUT2D eigenvalue weighted by Crippen LogP contribution is 2.42. The summed E-state index contributed by atoms with van der Waals surface area (Å²) in [5.74, 6) is 0.527. The third-order valence-electron chi connectivity index (χ3n) is 4.06. The van der Waals surface area contributed by atoms with E-state index in [1.165, 1.54) is 12.0 Å². The zero-order valence-corrected chi connectivity index (χ0v) is 9.75. The molecule has 15 heavy (non-hydrogen) atoms. The Morgan fingerprint density at radius 3 is 3.00 bits per heavy atom. The molecule has 0 radical (unpaired) electrons. The van der Waals surface area contributed by atoms with Crippen LogP contribution in [-0.2, 0) is 5.54 Å². The molecular weight excluding hydrogens is 188 g/mol. The highest BCUT2D eigenvalue weighted by atomic mass is 15.2. The van der Waals surface area contributed by atoms with Crippen molar-refractivity contribution < 1.29 is 0 Å². The molecule has 0 aliphatic carbocycles. The van der Waals surface area contributed by atoms with Crippen molar-refractivity contribution in [2.24, 2.45) is 11.7 Å². The van der Waals surface area contributed by atoms with Gasteiger partial charge in [-0.05, 0) is 46.3 Å². The van der Waals surface area contributed by atoms with E-state index in [-0.39, 0.29) is 5.54 Å². The second kappa shape index (κ2) is 3.61. The molecule has 0 bridgehead atoms. The minimum atomic E-state index is 0.0475. The average Bonchev–Trinajstić information content (AvgIpc) is 2.74. The molecule has 4 heteroatoms. The number of nitrogens with two attached hydrogens (primary N) is 1. The summed E-state index contributed by atoms with van der Waals surface area (Å²) in [6, 6.07) is 0. The lowest BCUT2D eigenvalue weighted by Crippen LogP contribution is -2.42. The van der Waals surface area contributed by atoms with Crippen LogP contribution in [0.15, 0.2) is 6.20 Å². The smallest absolute Gasteiger partial charge is 0.0540 e. The number of aryl methyl sites for hydroxylation is 1. The fourth-order valence-corrected chi connectivity index (χ4v) is 2.81. The van der Waals surface area contributed by atoms with Gasteiger partial charge >= 0.3 is 0 Å². The summed E-state index contributed by atoms with van der Waals surface area (Å²) < 4.78 is 0. The number of hydrogen-bond donors (Lipinski definition) is 2. The Morgan fingerprint density at radius 2 is 2.47 bits per heavy atom. The summed E-state index contributed by atoms with van der Waals surface area (Å²) >= 11 is 0. The molecular formula is C11H20N4. The minimum Gasteiger partial charge on any atom is -0.330 e. The van der Waals surface area contributed by atoms with E-state index in [2.05, 4.69) is 36.0 Å². The van der Waals surface area contributed by atoms with E-state index < -0.39 is 0 Å². The van der Waals surface area contributed by atoms with Gasteiger partial charge in [0.2, 0.25) is 0 Å². The summed E-state index contributed by atoms with van der Waals surface area (Å²) in [6.07, 6.45) is 3.12. The van der Waals surface area contributed by atoms with E-state index in [1.807, 2.05) is 6.20 Å². The molecule has 0 spiro atoms. The molecule has 2 atom stereocenters. The number of nitrogens with one attached hydrogen (secondary N) is 1.